The Morgan fingerprint density at radius 2 is 1.89 bits per heavy atom. The first-order valence-electron chi connectivity index (χ1n) is 9.72. The van der Waals surface area contributed by atoms with Gasteiger partial charge in [0.1, 0.15) is 16.9 Å². The molecule has 6 nitrogen and oxygen atoms in total. The third-order valence-corrected chi connectivity index (χ3v) is 6.14. The zero-order valence-electron chi connectivity index (χ0n) is 17.0. The third-order valence-electron chi connectivity index (χ3n) is 5.03. The van der Waals surface area contributed by atoms with Crippen LogP contribution in [0.15, 0.2) is 33.6 Å². The first-order chi connectivity index (χ1) is 13.0. The van der Waals surface area contributed by atoms with Crippen LogP contribution in [-0.4, -0.2) is 44.4 Å². The number of fused-ring (bicyclic) bond motifs is 1. The van der Waals surface area contributed by atoms with E-state index in [9.17, 15) is 13.2 Å². The summed E-state index contributed by atoms with van der Waals surface area (Å²) in [4.78, 5) is 14.2. The third kappa shape index (κ3) is 5.28. The summed E-state index contributed by atoms with van der Waals surface area (Å²) >= 11 is 0. The van der Waals surface area contributed by atoms with Gasteiger partial charge >= 0.3 is 6.09 Å². The van der Waals surface area contributed by atoms with Crippen LogP contribution in [0, 0.1) is 5.92 Å². The van der Waals surface area contributed by atoms with Crippen LogP contribution in [0.1, 0.15) is 45.8 Å². The monoisotopic (exact) mass is 407 g/mol. The van der Waals surface area contributed by atoms with Crippen molar-refractivity contribution in [3.05, 3.63) is 30.0 Å². The molecule has 0 spiro atoms. The molecule has 7 heteroatoms. The molecule has 0 aliphatic carbocycles. The van der Waals surface area contributed by atoms with Crippen molar-refractivity contribution in [2.75, 3.05) is 19.3 Å². The van der Waals surface area contributed by atoms with Crippen LogP contribution in [0.2, 0.25) is 0 Å². The smallest absolute Gasteiger partial charge is 0.410 e. The molecule has 0 unspecified atom stereocenters. The molecule has 154 valence electrons. The standard InChI is InChI=1S/C21H29NO5S/c1-21(2,3)27-20(23)22-11-9-15(10-12-22)5-6-17-13-16-14-18(28(4,24)25)7-8-19(16)26-17/h7-8,13-15H,5-6,9-12H2,1-4H3. The van der Waals surface area contributed by atoms with E-state index in [2.05, 4.69) is 0 Å². The molecule has 1 amide bonds. The molecule has 0 N–H and O–H groups in total. The minimum atomic E-state index is -3.22. The quantitative estimate of drug-likeness (QED) is 0.750. The molecule has 1 fully saturated rings. The van der Waals surface area contributed by atoms with Gasteiger partial charge in [-0.3, -0.25) is 0 Å². The van der Waals surface area contributed by atoms with Crippen molar-refractivity contribution in [1.29, 1.82) is 0 Å². The summed E-state index contributed by atoms with van der Waals surface area (Å²) in [6.07, 6.45) is 4.68. The van der Waals surface area contributed by atoms with Gasteiger partial charge in [-0.15, -0.1) is 0 Å². The number of ether oxygens (including phenoxy) is 1. The molecule has 2 aromatic rings. The van der Waals surface area contributed by atoms with Gasteiger partial charge in [0.2, 0.25) is 0 Å². The molecular weight excluding hydrogens is 378 g/mol. The van der Waals surface area contributed by atoms with E-state index in [1.165, 1.54) is 6.26 Å². The van der Waals surface area contributed by atoms with Crippen LogP contribution in [0.4, 0.5) is 4.79 Å². The molecule has 0 atom stereocenters. The molecule has 1 aromatic carbocycles. The van der Waals surface area contributed by atoms with E-state index >= 15 is 0 Å². The lowest BCUT2D eigenvalue weighted by Crippen LogP contribution is -2.41. The Hall–Kier alpha value is -2.02. The van der Waals surface area contributed by atoms with E-state index in [4.69, 9.17) is 9.15 Å². The first kappa shape index (κ1) is 20.7. The number of rotatable bonds is 4. The molecule has 1 aliphatic heterocycles. The van der Waals surface area contributed by atoms with Crippen molar-refractivity contribution in [2.45, 2.75) is 57.0 Å². The Balaban J connectivity index is 1.53. The Morgan fingerprint density at radius 1 is 1.21 bits per heavy atom. The van der Waals surface area contributed by atoms with Crippen LogP contribution in [0.25, 0.3) is 11.0 Å². The second kappa shape index (κ2) is 7.78. The van der Waals surface area contributed by atoms with E-state index in [-0.39, 0.29) is 6.09 Å². The highest BCUT2D eigenvalue weighted by molar-refractivity contribution is 7.90. The second-order valence-corrected chi connectivity index (χ2v) is 10.6. The summed E-state index contributed by atoms with van der Waals surface area (Å²) in [7, 11) is -3.22. The predicted octanol–water partition coefficient (Wildman–Crippen LogP) is 4.42. The SMILES string of the molecule is CC(C)(C)OC(=O)N1CCC(CCc2cc3cc(S(C)(=O)=O)ccc3o2)CC1. The fourth-order valence-electron chi connectivity index (χ4n) is 3.51. The van der Waals surface area contributed by atoms with Gasteiger partial charge in [-0.25, -0.2) is 13.2 Å². The summed E-state index contributed by atoms with van der Waals surface area (Å²) in [6.45, 7) is 7.08. The van der Waals surface area contributed by atoms with Gasteiger partial charge in [0.15, 0.2) is 9.84 Å². The maximum atomic E-state index is 12.1. The number of likely N-dealkylation sites (tertiary alicyclic amines) is 1. The molecule has 3 rings (SSSR count). The zero-order chi connectivity index (χ0) is 20.5. The number of furan rings is 1. The van der Waals surface area contributed by atoms with E-state index in [0.717, 1.165) is 49.9 Å². The van der Waals surface area contributed by atoms with Crippen LogP contribution >= 0.6 is 0 Å². The van der Waals surface area contributed by atoms with E-state index < -0.39 is 15.4 Å². The Kier molecular flexibility index (Phi) is 5.75. The van der Waals surface area contributed by atoms with Crippen LogP contribution in [0.3, 0.4) is 0 Å². The van der Waals surface area contributed by atoms with Gasteiger partial charge in [0, 0.05) is 31.2 Å². The number of nitrogens with zero attached hydrogens (tertiary/aromatic N) is 1. The van der Waals surface area contributed by atoms with Crippen molar-refractivity contribution in [2.24, 2.45) is 5.92 Å². The predicted molar refractivity (Wildman–Crippen MR) is 108 cm³/mol. The molecule has 0 bridgehead atoms. The highest BCUT2D eigenvalue weighted by Gasteiger charge is 2.26. The summed E-state index contributed by atoms with van der Waals surface area (Å²) < 4.78 is 34.7. The number of sulfone groups is 1. The minimum Gasteiger partial charge on any atom is -0.461 e. The summed E-state index contributed by atoms with van der Waals surface area (Å²) in [5.74, 6) is 1.41. The number of hydrogen-bond donors (Lipinski definition) is 0. The number of aryl methyl sites for hydroxylation is 1. The highest BCUT2D eigenvalue weighted by Crippen LogP contribution is 2.27. The lowest BCUT2D eigenvalue weighted by molar-refractivity contribution is 0.0181. The molecular formula is C21H29NO5S. The number of hydrogen-bond acceptors (Lipinski definition) is 5. The maximum absolute atomic E-state index is 12.1. The van der Waals surface area contributed by atoms with E-state index in [1.54, 1.807) is 23.1 Å². The topological polar surface area (TPSA) is 76.8 Å². The molecule has 1 aliphatic rings. The fraction of sp³-hybridized carbons (Fsp3) is 0.571. The Labute approximate surface area is 166 Å². The summed E-state index contributed by atoms with van der Waals surface area (Å²) in [5, 5.41) is 0.817. The number of piperidine rings is 1. The average molecular weight is 408 g/mol. The van der Waals surface area contributed by atoms with Gasteiger partial charge in [0.25, 0.3) is 0 Å². The van der Waals surface area contributed by atoms with Gasteiger partial charge in [-0.1, -0.05) is 0 Å². The zero-order valence-corrected chi connectivity index (χ0v) is 17.8. The van der Waals surface area contributed by atoms with E-state index in [1.807, 2.05) is 26.8 Å². The van der Waals surface area contributed by atoms with Crippen LogP contribution < -0.4 is 0 Å². The number of amides is 1. The highest BCUT2D eigenvalue weighted by atomic mass is 32.2. The number of carbonyl (C=O) groups is 1. The molecule has 0 saturated carbocycles. The summed E-state index contributed by atoms with van der Waals surface area (Å²) in [6, 6.07) is 6.89. The van der Waals surface area contributed by atoms with Crippen molar-refractivity contribution in [1.82, 2.24) is 4.90 Å². The maximum Gasteiger partial charge on any atom is 0.410 e. The summed E-state index contributed by atoms with van der Waals surface area (Å²) in [5.41, 5.74) is 0.244. The molecule has 28 heavy (non-hydrogen) atoms. The van der Waals surface area contributed by atoms with Crippen molar-refractivity contribution >= 4 is 26.9 Å². The first-order valence-corrected chi connectivity index (χ1v) is 11.6. The molecule has 1 aromatic heterocycles. The molecule has 2 heterocycles. The number of carbonyl (C=O) groups excluding carboxylic acids is 1. The van der Waals surface area contributed by atoms with Crippen molar-refractivity contribution < 1.29 is 22.4 Å². The van der Waals surface area contributed by atoms with Crippen LogP contribution in [0.5, 0.6) is 0 Å². The largest absolute Gasteiger partial charge is 0.461 e. The lowest BCUT2D eigenvalue weighted by atomic mass is 9.92. The Morgan fingerprint density at radius 3 is 2.50 bits per heavy atom. The van der Waals surface area contributed by atoms with Crippen molar-refractivity contribution in [3.63, 3.8) is 0 Å². The van der Waals surface area contributed by atoms with Gasteiger partial charge in [-0.2, -0.15) is 0 Å². The van der Waals surface area contributed by atoms with Crippen LogP contribution in [-0.2, 0) is 21.0 Å². The molecule has 0 radical (unpaired) electrons. The second-order valence-electron chi connectivity index (χ2n) is 8.63. The van der Waals surface area contributed by atoms with Gasteiger partial charge < -0.3 is 14.1 Å². The fourth-order valence-corrected chi connectivity index (χ4v) is 4.16. The van der Waals surface area contributed by atoms with Crippen molar-refractivity contribution in [3.8, 4) is 0 Å². The Bertz CT molecular complexity index is 947. The lowest BCUT2D eigenvalue weighted by Gasteiger charge is -2.33. The van der Waals surface area contributed by atoms with E-state index in [0.29, 0.717) is 16.4 Å². The molecule has 1 saturated heterocycles. The normalized spacial score (nSPS) is 16.5. The van der Waals surface area contributed by atoms with Gasteiger partial charge in [-0.05, 0) is 70.2 Å². The van der Waals surface area contributed by atoms with Gasteiger partial charge in [0.05, 0.1) is 4.90 Å². The number of benzene rings is 1. The average Bonchev–Trinajstić information content (AvgIpc) is 3.00. The minimum absolute atomic E-state index is 0.232.